The highest BCUT2D eigenvalue weighted by atomic mass is 32.1. The molecule has 9 heteroatoms. The van der Waals surface area contributed by atoms with E-state index < -0.39 is 0 Å². The number of thiophene rings is 1. The topological polar surface area (TPSA) is 87.2 Å². The lowest BCUT2D eigenvalue weighted by molar-refractivity contribution is 0.0740. The van der Waals surface area contributed by atoms with Gasteiger partial charge in [-0.15, -0.1) is 21.5 Å². The first-order valence-corrected chi connectivity index (χ1v) is 11.2. The third kappa shape index (κ3) is 4.06. The second-order valence-corrected chi connectivity index (χ2v) is 8.38. The molecule has 3 aromatic heterocycles. The van der Waals surface area contributed by atoms with E-state index in [4.69, 9.17) is 4.74 Å². The summed E-state index contributed by atoms with van der Waals surface area (Å²) in [6, 6.07) is 17.4. The Hall–Kier alpha value is -3.72. The SMILES string of the molecule is COc1cccc(-c2cc(C(=O)N3CCN(c4ccc(-c5cccs5)nn4)CC3)[nH]n2)c1. The molecule has 0 bridgehead atoms. The lowest BCUT2D eigenvalue weighted by Gasteiger charge is -2.34. The van der Waals surface area contributed by atoms with Gasteiger partial charge in [0.1, 0.15) is 17.1 Å². The Morgan fingerprint density at radius 2 is 1.88 bits per heavy atom. The molecule has 0 radical (unpaired) electrons. The number of ether oxygens (including phenoxy) is 1. The van der Waals surface area contributed by atoms with Gasteiger partial charge in [-0.1, -0.05) is 18.2 Å². The quantitative estimate of drug-likeness (QED) is 0.504. The fourth-order valence-corrected chi connectivity index (χ4v) is 4.41. The average Bonchev–Trinajstić information content (AvgIpc) is 3.57. The van der Waals surface area contributed by atoms with Gasteiger partial charge in [0.2, 0.25) is 0 Å². The van der Waals surface area contributed by atoms with Crippen molar-refractivity contribution in [1.29, 1.82) is 0 Å². The molecule has 1 amide bonds. The molecule has 1 saturated heterocycles. The normalized spacial score (nSPS) is 13.9. The standard InChI is InChI=1S/C23H22N6O2S/c1-31-17-5-2-4-16(14-17)19-15-20(26-25-19)23(30)29-11-9-28(10-12-29)22-8-7-18(24-27-22)21-6-3-13-32-21/h2-8,13-15H,9-12H2,1H3,(H,25,26). The zero-order valence-corrected chi connectivity index (χ0v) is 18.4. The molecule has 0 atom stereocenters. The van der Waals surface area contributed by atoms with E-state index in [1.807, 2.05) is 58.8 Å². The number of nitrogens with zero attached hydrogens (tertiary/aromatic N) is 5. The van der Waals surface area contributed by atoms with Crippen LogP contribution in [0.1, 0.15) is 10.5 Å². The van der Waals surface area contributed by atoms with Gasteiger partial charge in [-0.2, -0.15) is 5.10 Å². The van der Waals surface area contributed by atoms with Gasteiger partial charge in [0.05, 0.1) is 17.7 Å². The summed E-state index contributed by atoms with van der Waals surface area (Å²) in [7, 11) is 1.63. The van der Waals surface area contributed by atoms with Crippen molar-refractivity contribution in [3.63, 3.8) is 0 Å². The van der Waals surface area contributed by atoms with Gasteiger partial charge in [0.25, 0.3) is 5.91 Å². The van der Waals surface area contributed by atoms with Crippen LogP contribution in [0.5, 0.6) is 5.75 Å². The Balaban J connectivity index is 1.22. The molecule has 0 saturated carbocycles. The Morgan fingerprint density at radius 1 is 1.00 bits per heavy atom. The van der Waals surface area contributed by atoms with Crippen molar-refractivity contribution in [3.05, 3.63) is 65.7 Å². The van der Waals surface area contributed by atoms with E-state index in [-0.39, 0.29) is 5.91 Å². The number of nitrogens with one attached hydrogen (secondary N) is 1. The summed E-state index contributed by atoms with van der Waals surface area (Å²) in [6.45, 7) is 2.63. The lowest BCUT2D eigenvalue weighted by Crippen LogP contribution is -2.49. The van der Waals surface area contributed by atoms with E-state index in [2.05, 4.69) is 25.3 Å². The van der Waals surface area contributed by atoms with E-state index in [9.17, 15) is 4.79 Å². The molecule has 162 valence electrons. The molecule has 0 aliphatic carbocycles. The molecular weight excluding hydrogens is 424 g/mol. The molecule has 32 heavy (non-hydrogen) atoms. The molecular formula is C23H22N6O2S. The van der Waals surface area contributed by atoms with Gasteiger partial charge < -0.3 is 14.5 Å². The van der Waals surface area contributed by atoms with E-state index in [1.54, 1.807) is 24.5 Å². The maximum Gasteiger partial charge on any atom is 0.272 e. The number of anilines is 1. The van der Waals surface area contributed by atoms with Gasteiger partial charge in [-0.25, -0.2) is 0 Å². The Labute approximate surface area is 189 Å². The number of aromatic amines is 1. The summed E-state index contributed by atoms with van der Waals surface area (Å²) in [6.07, 6.45) is 0. The number of carbonyl (C=O) groups is 1. The first kappa shape index (κ1) is 20.2. The summed E-state index contributed by atoms with van der Waals surface area (Å²) in [5.41, 5.74) is 2.97. The van der Waals surface area contributed by atoms with Crippen molar-refractivity contribution in [2.24, 2.45) is 0 Å². The molecule has 1 aliphatic rings. The summed E-state index contributed by atoms with van der Waals surface area (Å²) in [5, 5.41) is 18.0. The third-order valence-corrected chi connectivity index (χ3v) is 6.38. The second-order valence-electron chi connectivity index (χ2n) is 7.43. The second kappa shape index (κ2) is 8.80. The molecule has 5 rings (SSSR count). The monoisotopic (exact) mass is 446 g/mol. The molecule has 8 nitrogen and oxygen atoms in total. The van der Waals surface area contributed by atoms with E-state index in [0.717, 1.165) is 27.7 Å². The fraction of sp³-hybridized carbons (Fsp3) is 0.217. The van der Waals surface area contributed by atoms with E-state index >= 15 is 0 Å². The number of methoxy groups -OCH3 is 1. The molecule has 1 aliphatic heterocycles. The van der Waals surface area contributed by atoms with Crippen molar-refractivity contribution in [2.45, 2.75) is 0 Å². The number of rotatable bonds is 5. The van der Waals surface area contributed by atoms with Crippen molar-refractivity contribution >= 4 is 23.1 Å². The minimum Gasteiger partial charge on any atom is -0.497 e. The zero-order chi connectivity index (χ0) is 21.9. The number of hydrogen-bond acceptors (Lipinski definition) is 7. The first-order valence-electron chi connectivity index (χ1n) is 10.3. The van der Waals surface area contributed by atoms with Crippen LogP contribution in [0.15, 0.2) is 60.0 Å². The molecule has 4 aromatic rings. The number of H-pyrrole nitrogens is 1. The van der Waals surface area contributed by atoms with Gasteiger partial charge in [0, 0.05) is 31.7 Å². The van der Waals surface area contributed by atoms with Gasteiger partial charge >= 0.3 is 0 Å². The smallest absolute Gasteiger partial charge is 0.272 e. The van der Waals surface area contributed by atoms with Gasteiger partial charge in [-0.3, -0.25) is 9.89 Å². The summed E-state index contributed by atoms with van der Waals surface area (Å²) in [5.74, 6) is 1.53. The first-order chi connectivity index (χ1) is 15.7. The number of amides is 1. The fourth-order valence-electron chi connectivity index (χ4n) is 3.72. The van der Waals surface area contributed by atoms with Crippen LogP contribution in [-0.4, -0.2) is 64.5 Å². The lowest BCUT2D eigenvalue weighted by atomic mass is 10.1. The van der Waals surface area contributed by atoms with Crippen LogP contribution in [0.3, 0.4) is 0 Å². The highest BCUT2D eigenvalue weighted by molar-refractivity contribution is 7.13. The Bertz CT molecular complexity index is 1200. The van der Waals surface area contributed by atoms with Crippen LogP contribution >= 0.6 is 11.3 Å². The summed E-state index contributed by atoms with van der Waals surface area (Å²) in [4.78, 5) is 18.1. The number of benzene rings is 1. The van der Waals surface area contributed by atoms with Crippen LogP contribution in [0.25, 0.3) is 21.8 Å². The number of piperazine rings is 1. The maximum atomic E-state index is 13.0. The van der Waals surface area contributed by atoms with Crippen LogP contribution in [-0.2, 0) is 0 Å². The number of hydrogen-bond donors (Lipinski definition) is 1. The van der Waals surface area contributed by atoms with Crippen LogP contribution < -0.4 is 9.64 Å². The van der Waals surface area contributed by atoms with Crippen LogP contribution in [0.4, 0.5) is 5.82 Å². The predicted molar refractivity (Wildman–Crippen MR) is 124 cm³/mol. The highest BCUT2D eigenvalue weighted by Gasteiger charge is 2.24. The molecule has 1 N–H and O–H groups in total. The zero-order valence-electron chi connectivity index (χ0n) is 17.6. The maximum absolute atomic E-state index is 13.0. The molecule has 1 fully saturated rings. The van der Waals surface area contributed by atoms with Gasteiger partial charge in [0.15, 0.2) is 5.82 Å². The number of aromatic nitrogens is 4. The van der Waals surface area contributed by atoms with Crippen LogP contribution in [0.2, 0.25) is 0 Å². The van der Waals surface area contributed by atoms with E-state index in [1.165, 1.54) is 0 Å². The Kier molecular flexibility index (Phi) is 5.55. The number of carbonyl (C=O) groups excluding carboxylic acids is 1. The predicted octanol–water partition coefficient (Wildman–Crippen LogP) is 3.57. The Morgan fingerprint density at radius 3 is 2.59 bits per heavy atom. The van der Waals surface area contributed by atoms with Gasteiger partial charge in [-0.05, 0) is 41.8 Å². The van der Waals surface area contributed by atoms with Crippen LogP contribution in [0, 0.1) is 0 Å². The summed E-state index contributed by atoms with van der Waals surface area (Å²) < 4.78 is 5.27. The average molecular weight is 447 g/mol. The van der Waals surface area contributed by atoms with Crippen molar-refractivity contribution in [1.82, 2.24) is 25.3 Å². The molecule has 0 spiro atoms. The molecule has 1 aromatic carbocycles. The molecule has 4 heterocycles. The van der Waals surface area contributed by atoms with Crippen molar-refractivity contribution < 1.29 is 9.53 Å². The minimum absolute atomic E-state index is 0.0505. The minimum atomic E-state index is -0.0505. The highest BCUT2D eigenvalue weighted by Crippen LogP contribution is 2.25. The van der Waals surface area contributed by atoms with Crippen molar-refractivity contribution in [2.75, 3.05) is 38.2 Å². The van der Waals surface area contributed by atoms with E-state index in [0.29, 0.717) is 37.6 Å². The largest absolute Gasteiger partial charge is 0.497 e. The summed E-state index contributed by atoms with van der Waals surface area (Å²) >= 11 is 1.65. The van der Waals surface area contributed by atoms with Crippen molar-refractivity contribution in [3.8, 4) is 27.6 Å². The molecule has 0 unspecified atom stereocenters. The third-order valence-electron chi connectivity index (χ3n) is 5.49.